The van der Waals surface area contributed by atoms with Crippen molar-refractivity contribution in [3.8, 4) is 0 Å². The van der Waals surface area contributed by atoms with Crippen LogP contribution in [0.3, 0.4) is 0 Å². The van der Waals surface area contributed by atoms with Crippen LogP contribution in [0, 0.1) is 24.0 Å². The number of hydrogen-bond donors (Lipinski definition) is 0. The Morgan fingerprint density at radius 1 is 1.13 bits per heavy atom. The lowest BCUT2D eigenvalue weighted by Crippen LogP contribution is -2.24. The number of hydrogen-bond acceptors (Lipinski definition) is 5. The van der Waals surface area contributed by atoms with Gasteiger partial charge in [-0.2, -0.15) is 0 Å². The number of carbonyl (C=O) groups excluding carboxylic acids is 2. The molecule has 2 aromatic carbocycles. The van der Waals surface area contributed by atoms with Crippen molar-refractivity contribution in [3.63, 3.8) is 0 Å². The first-order valence-corrected chi connectivity index (χ1v) is 9.50. The number of nitro benzene ring substituents is 1. The second kappa shape index (κ2) is 8.32. The van der Waals surface area contributed by atoms with Crippen LogP contribution in [0.5, 0.6) is 0 Å². The molecule has 0 unspecified atom stereocenters. The third-order valence-electron chi connectivity index (χ3n) is 5.02. The Balaban J connectivity index is 2.15. The van der Waals surface area contributed by atoms with Gasteiger partial charge in [0.05, 0.1) is 22.7 Å². The van der Waals surface area contributed by atoms with Gasteiger partial charge in [0.25, 0.3) is 11.6 Å². The first-order chi connectivity index (χ1) is 14.2. The minimum absolute atomic E-state index is 0.0980. The first kappa shape index (κ1) is 21.0. The molecular formula is C23H22N2O5. The molecule has 3 rings (SSSR count). The van der Waals surface area contributed by atoms with Gasteiger partial charge in [-0.25, -0.2) is 4.79 Å². The van der Waals surface area contributed by atoms with E-state index in [1.165, 1.54) is 29.2 Å². The molecule has 1 heterocycles. The molecule has 1 amide bonds. The molecule has 0 saturated carbocycles. The van der Waals surface area contributed by atoms with Crippen LogP contribution in [-0.2, 0) is 14.3 Å². The lowest BCUT2D eigenvalue weighted by molar-refractivity contribution is -0.384. The van der Waals surface area contributed by atoms with Crippen LogP contribution in [0.1, 0.15) is 30.5 Å². The summed E-state index contributed by atoms with van der Waals surface area (Å²) in [5.41, 5.74) is 3.86. The number of nitro groups is 1. The highest BCUT2D eigenvalue weighted by Gasteiger charge is 2.38. The van der Waals surface area contributed by atoms with Gasteiger partial charge in [-0.3, -0.25) is 19.8 Å². The summed E-state index contributed by atoms with van der Waals surface area (Å²) in [7, 11) is 0. The number of benzene rings is 2. The fourth-order valence-corrected chi connectivity index (χ4v) is 3.35. The fraction of sp³-hybridized carbons (Fsp3) is 0.217. The monoisotopic (exact) mass is 406 g/mol. The maximum absolute atomic E-state index is 13.3. The summed E-state index contributed by atoms with van der Waals surface area (Å²) in [5, 5.41) is 11.1. The average Bonchev–Trinajstić information content (AvgIpc) is 2.94. The van der Waals surface area contributed by atoms with Crippen molar-refractivity contribution in [3.05, 3.63) is 86.1 Å². The van der Waals surface area contributed by atoms with E-state index in [0.29, 0.717) is 16.9 Å². The molecule has 7 heteroatoms. The molecule has 1 aliphatic heterocycles. The Morgan fingerprint density at radius 3 is 2.50 bits per heavy atom. The number of anilines is 1. The van der Waals surface area contributed by atoms with Crippen LogP contribution in [0.4, 0.5) is 11.4 Å². The minimum atomic E-state index is -0.605. The maximum atomic E-state index is 13.3. The zero-order valence-corrected chi connectivity index (χ0v) is 17.3. The number of amides is 1. The molecule has 0 radical (unpaired) electrons. The van der Waals surface area contributed by atoms with Gasteiger partial charge in [0.2, 0.25) is 0 Å². The number of ether oxygens (including phenoxy) is 1. The molecule has 0 N–H and O–H groups in total. The second-order valence-corrected chi connectivity index (χ2v) is 7.00. The minimum Gasteiger partial charge on any atom is -0.462 e. The standard InChI is InChI=1S/C23H22N2O5/c1-5-30-23(27)21-16(4)24(18-10-9-14(2)15(3)11-18)22(26)20(21)13-17-7-6-8-19(12-17)25(28)29/h6-13H,5H2,1-4H3/b20-13-. The quantitative estimate of drug-likeness (QED) is 0.316. The van der Waals surface area contributed by atoms with E-state index < -0.39 is 10.9 Å². The highest BCUT2D eigenvalue weighted by Crippen LogP contribution is 2.36. The topological polar surface area (TPSA) is 89.8 Å². The van der Waals surface area contributed by atoms with Crippen LogP contribution in [0.2, 0.25) is 0 Å². The summed E-state index contributed by atoms with van der Waals surface area (Å²) in [6, 6.07) is 11.5. The predicted molar refractivity (Wildman–Crippen MR) is 114 cm³/mol. The number of rotatable bonds is 5. The summed E-state index contributed by atoms with van der Waals surface area (Å²) in [4.78, 5) is 38.1. The van der Waals surface area contributed by atoms with E-state index in [4.69, 9.17) is 4.74 Å². The fourth-order valence-electron chi connectivity index (χ4n) is 3.35. The van der Waals surface area contributed by atoms with Crippen LogP contribution >= 0.6 is 0 Å². The van der Waals surface area contributed by atoms with Gasteiger partial charge in [0.15, 0.2) is 0 Å². The Bertz CT molecular complexity index is 1110. The van der Waals surface area contributed by atoms with E-state index in [-0.39, 0.29) is 29.3 Å². The molecule has 1 aliphatic rings. The molecule has 0 aliphatic carbocycles. The summed E-state index contributed by atoms with van der Waals surface area (Å²) >= 11 is 0. The Hall–Kier alpha value is -3.74. The van der Waals surface area contributed by atoms with E-state index in [0.717, 1.165) is 11.1 Å². The van der Waals surface area contributed by atoms with E-state index in [1.54, 1.807) is 19.9 Å². The van der Waals surface area contributed by atoms with Gasteiger partial charge in [-0.05, 0) is 62.6 Å². The van der Waals surface area contributed by atoms with Crippen LogP contribution in [0.25, 0.3) is 6.08 Å². The maximum Gasteiger partial charge on any atom is 0.340 e. The molecule has 0 spiro atoms. The third kappa shape index (κ3) is 3.87. The first-order valence-electron chi connectivity index (χ1n) is 9.50. The van der Waals surface area contributed by atoms with E-state index in [9.17, 15) is 19.7 Å². The SMILES string of the molecule is CCOC(=O)C1=C(C)N(c2ccc(C)c(C)c2)C(=O)/C1=C\c1cccc([N+](=O)[O-])c1. The number of carbonyl (C=O) groups is 2. The number of allylic oxidation sites excluding steroid dienone is 1. The largest absolute Gasteiger partial charge is 0.462 e. The molecule has 0 aromatic heterocycles. The van der Waals surface area contributed by atoms with Crippen molar-refractivity contribution in [2.24, 2.45) is 0 Å². The summed E-state index contributed by atoms with van der Waals surface area (Å²) in [6.07, 6.45) is 1.49. The Labute approximate surface area is 174 Å². The second-order valence-electron chi connectivity index (χ2n) is 7.00. The van der Waals surface area contributed by atoms with Crippen LogP contribution in [0.15, 0.2) is 59.3 Å². The zero-order chi connectivity index (χ0) is 22.0. The lowest BCUT2D eigenvalue weighted by atomic mass is 10.0. The number of aryl methyl sites for hydroxylation is 2. The summed E-state index contributed by atoms with van der Waals surface area (Å²) < 4.78 is 5.18. The zero-order valence-electron chi connectivity index (χ0n) is 17.3. The van der Waals surface area contributed by atoms with Gasteiger partial charge in [0, 0.05) is 23.5 Å². The van der Waals surface area contributed by atoms with E-state index >= 15 is 0 Å². The van der Waals surface area contributed by atoms with Crippen molar-refractivity contribution in [1.29, 1.82) is 0 Å². The van der Waals surface area contributed by atoms with Gasteiger partial charge in [0.1, 0.15) is 0 Å². The van der Waals surface area contributed by atoms with Crippen LogP contribution in [-0.4, -0.2) is 23.4 Å². The predicted octanol–water partition coefficient (Wildman–Crippen LogP) is 4.48. The van der Waals surface area contributed by atoms with Crippen molar-refractivity contribution < 1.29 is 19.2 Å². The van der Waals surface area contributed by atoms with Crippen LogP contribution < -0.4 is 4.90 Å². The van der Waals surface area contributed by atoms with Crippen molar-refractivity contribution >= 4 is 29.3 Å². The molecule has 2 aromatic rings. The molecule has 7 nitrogen and oxygen atoms in total. The highest BCUT2D eigenvalue weighted by molar-refractivity contribution is 6.23. The molecule has 154 valence electrons. The number of non-ortho nitro benzene ring substituents is 1. The molecular weight excluding hydrogens is 384 g/mol. The molecule has 0 saturated heterocycles. The number of esters is 1. The molecule has 0 fully saturated rings. The average molecular weight is 406 g/mol. The molecule has 0 bridgehead atoms. The summed E-state index contributed by atoms with van der Waals surface area (Å²) in [6.45, 7) is 7.47. The van der Waals surface area contributed by atoms with Gasteiger partial charge in [-0.15, -0.1) is 0 Å². The van der Waals surface area contributed by atoms with Gasteiger partial charge >= 0.3 is 5.97 Å². The number of nitrogens with zero attached hydrogens (tertiary/aromatic N) is 2. The third-order valence-corrected chi connectivity index (χ3v) is 5.02. The Kier molecular flexibility index (Phi) is 5.82. The van der Waals surface area contributed by atoms with E-state index in [1.807, 2.05) is 32.0 Å². The van der Waals surface area contributed by atoms with Crippen molar-refractivity contribution in [1.82, 2.24) is 0 Å². The van der Waals surface area contributed by atoms with Gasteiger partial charge in [-0.1, -0.05) is 18.2 Å². The van der Waals surface area contributed by atoms with Gasteiger partial charge < -0.3 is 4.74 Å². The Morgan fingerprint density at radius 2 is 1.87 bits per heavy atom. The van der Waals surface area contributed by atoms with E-state index in [2.05, 4.69) is 0 Å². The highest BCUT2D eigenvalue weighted by atomic mass is 16.6. The van der Waals surface area contributed by atoms with Crippen molar-refractivity contribution in [2.75, 3.05) is 11.5 Å². The molecule has 0 atom stereocenters. The summed E-state index contributed by atoms with van der Waals surface area (Å²) in [5.74, 6) is -0.989. The van der Waals surface area contributed by atoms with Crippen molar-refractivity contribution in [2.45, 2.75) is 27.7 Å². The smallest absolute Gasteiger partial charge is 0.340 e. The molecule has 30 heavy (non-hydrogen) atoms. The normalized spacial score (nSPS) is 15.1. The lowest BCUT2D eigenvalue weighted by Gasteiger charge is -2.19.